The van der Waals surface area contributed by atoms with Crippen LogP contribution in [-0.4, -0.2) is 22.0 Å². The first kappa shape index (κ1) is 14.6. The lowest BCUT2D eigenvalue weighted by molar-refractivity contribution is -0.0106. The Bertz CT molecular complexity index is 420. The van der Waals surface area contributed by atoms with Gasteiger partial charge in [-0.05, 0) is 71.9 Å². The van der Waals surface area contributed by atoms with Crippen LogP contribution in [0.1, 0.15) is 59.1 Å². The van der Waals surface area contributed by atoms with E-state index in [1.165, 1.54) is 19.3 Å². The average molecular weight is 259 g/mol. The summed E-state index contributed by atoms with van der Waals surface area (Å²) in [6, 6.07) is 9.62. The van der Waals surface area contributed by atoms with Gasteiger partial charge in [-0.1, -0.05) is 24.3 Å². The molecule has 1 aromatic carbocycles. The van der Waals surface area contributed by atoms with Crippen LogP contribution < -0.4 is 0 Å². The van der Waals surface area contributed by atoms with Gasteiger partial charge in [-0.15, -0.1) is 0 Å². The zero-order valence-corrected chi connectivity index (χ0v) is 13.5. The van der Waals surface area contributed by atoms with E-state index in [2.05, 4.69) is 70.7 Å². The molecule has 0 bridgehead atoms. The second-order valence-corrected chi connectivity index (χ2v) is 7.88. The molecule has 1 aromatic rings. The van der Waals surface area contributed by atoms with E-state index in [0.717, 1.165) is 0 Å². The summed E-state index contributed by atoms with van der Waals surface area (Å²) in [6.07, 6.45) is 3.71. The zero-order chi connectivity index (χ0) is 14.3. The van der Waals surface area contributed by atoms with Crippen LogP contribution in [0.25, 0.3) is 0 Å². The summed E-state index contributed by atoms with van der Waals surface area (Å²) in [7, 11) is 0. The van der Waals surface area contributed by atoms with E-state index in [-0.39, 0.29) is 11.1 Å². The Kier molecular flexibility index (Phi) is 3.79. The molecule has 0 N–H and O–H groups in total. The second-order valence-electron chi connectivity index (χ2n) is 7.88. The molecule has 1 nitrogen and oxygen atoms in total. The lowest BCUT2D eigenvalue weighted by atomic mass is 9.83. The van der Waals surface area contributed by atoms with E-state index < -0.39 is 0 Å². The van der Waals surface area contributed by atoms with Gasteiger partial charge in [0.1, 0.15) is 0 Å². The number of aryl methyl sites for hydroxylation is 1. The molecule has 0 aromatic heterocycles. The van der Waals surface area contributed by atoms with Crippen LogP contribution in [0.2, 0.25) is 0 Å². The van der Waals surface area contributed by atoms with E-state index >= 15 is 0 Å². The van der Waals surface area contributed by atoms with Gasteiger partial charge in [0.15, 0.2) is 0 Å². The summed E-state index contributed by atoms with van der Waals surface area (Å²) in [5.74, 6) is 0. The maximum Gasteiger partial charge on any atom is 0.0149 e. The van der Waals surface area contributed by atoms with E-state index in [4.69, 9.17) is 0 Å². The highest BCUT2D eigenvalue weighted by Gasteiger charge is 2.38. The molecular weight excluding hydrogens is 230 g/mol. The first-order valence-corrected chi connectivity index (χ1v) is 7.56. The normalized spacial score (nSPS) is 20.5. The third kappa shape index (κ3) is 3.20. The molecule has 0 heterocycles. The van der Waals surface area contributed by atoms with Crippen molar-refractivity contribution in [3.63, 3.8) is 0 Å². The summed E-state index contributed by atoms with van der Waals surface area (Å²) in [5.41, 5.74) is 3.54. The largest absolute Gasteiger partial charge is 0.290 e. The monoisotopic (exact) mass is 259 g/mol. The maximum atomic E-state index is 2.72. The van der Waals surface area contributed by atoms with Crippen molar-refractivity contribution in [3.05, 3.63) is 35.4 Å². The minimum atomic E-state index is 0.217. The van der Waals surface area contributed by atoms with Crippen LogP contribution in [0.4, 0.5) is 0 Å². The molecule has 0 spiro atoms. The van der Waals surface area contributed by atoms with Gasteiger partial charge in [0.05, 0.1) is 0 Å². The Hall–Kier alpha value is -0.820. The summed E-state index contributed by atoms with van der Waals surface area (Å²) >= 11 is 0. The van der Waals surface area contributed by atoms with Crippen LogP contribution in [0.15, 0.2) is 24.3 Å². The summed E-state index contributed by atoms with van der Waals surface area (Å²) in [4.78, 5) is 2.72. The van der Waals surface area contributed by atoms with Crippen molar-refractivity contribution in [1.29, 1.82) is 0 Å². The predicted octanol–water partition coefficient (Wildman–Crippen LogP) is 4.44. The average Bonchev–Trinajstić information content (AvgIpc) is 2.25. The number of hydrogen-bond acceptors (Lipinski definition) is 1. The molecular formula is C18H29N. The lowest BCUT2D eigenvalue weighted by Gasteiger charge is -2.51. The molecule has 0 saturated carbocycles. The van der Waals surface area contributed by atoms with Crippen LogP contribution in [-0.2, 0) is 12.8 Å². The summed E-state index contributed by atoms with van der Waals surface area (Å²) in [5, 5.41) is 0. The molecule has 1 aliphatic carbocycles. The molecule has 19 heavy (non-hydrogen) atoms. The van der Waals surface area contributed by atoms with Gasteiger partial charge in [0.25, 0.3) is 0 Å². The molecule has 0 radical (unpaired) electrons. The fourth-order valence-electron chi connectivity index (χ4n) is 4.00. The van der Waals surface area contributed by atoms with Crippen LogP contribution >= 0.6 is 0 Å². The Balaban J connectivity index is 2.27. The predicted molar refractivity (Wildman–Crippen MR) is 83.6 cm³/mol. The SMILES string of the molecule is CC(C)(C)N(C1CCc2ccccc2C1)C(C)(C)C. The second kappa shape index (κ2) is 4.94. The Morgan fingerprint density at radius 3 is 1.95 bits per heavy atom. The molecule has 2 rings (SSSR count). The molecule has 1 atom stereocenters. The van der Waals surface area contributed by atoms with Crippen molar-refractivity contribution < 1.29 is 0 Å². The van der Waals surface area contributed by atoms with Gasteiger partial charge in [-0.3, -0.25) is 4.90 Å². The van der Waals surface area contributed by atoms with Crippen molar-refractivity contribution in [2.75, 3.05) is 0 Å². The smallest absolute Gasteiger partial charge is 0.0149 e. The van der Waals surface area contributed by atoms with Crippen LogP contribution in [0, 0.1) is 0 Å². The van der Waals surface area contributed by atoms with Crippen LogP contribution in [0.3, 0.4) is 0 Å². The standard InChI is InChI=1S/C18H29N/c1-17(2,3)19(18(4,5)6)16-12-11-14-9-7-8-10-15(14)13-16/h7-10,16H,11-13H2,1-6H3. The molecule has 0 aliphatic heterocycles. The Morgan fingerprint density at radius 1 is 0.895 bits per heavy atom. The first-order valence-electron chi connectivity index (χ1n) is 7.56. The fraction of sp³-hybridized carbons (Fsp3) is 0.667. The highest BCUT2D eigenvalue weighted by atomic mass is 15.3. The minimum Gasteiger partial charge on any atom is -0.290 e. The lowest BCUT2D eigenvalue weighted by Crippen LogP contribution is -2.58. The fourth-order valence-corrected chi connectivity index (χ4v) is 4.00. The van der Waals surface area contributed by atoms with Crippen molar-refractivity contribution in [1.82, 2.24) is 4.90 Å². The van der Waals surface area contributed by atoms with Crippen LogP contribution in [0.5, 0.6) is 0 Å². The molecule has 106 valence electrons. The van der Waals surface area contributed by atoms with Gasteiger partial charge < -0.3 is 0 Å². The van der Waals surface area contributed by atoms with Gasteiger partial charge in [-0.25, -0.2) is 0 Å². The molecule has 1 aliphatic rings. The third-order valence-electron chi connectivity index (χ3n) is 4.13. The highest BCUT2D eigenvalue weighted by Crippen LogP contribution is 2.34. The highest BCUT2D eigenvalue weighted by molar-refractivity contribution is 5.30. The zero-order valence-electron chi connectivity index (χ0n) is 13.5. The maximum absolute atomic E-state index is 2.72. The molecule has 0 saturated heterocycles. The van der Waals surface area contributed by atoms with E-state index in [1.54, 1.807) is 11.1 Å². The number of benzene rings is 1. The Morgan fingerprint density at radius 2 is 1.42 bits per heavy atom. The Labute approximate surface area is 119 Å². The van der Waals surface area contributed by atoms with Gasteiger partial charge in [-0.2, -0.15) is 0 Å². The first-order chi connectivity index (χ1) is 8.69. The van der Waals surface area contributed by atoms with Crippen molar-refractivity contribution in [2.45, 2.75) is 77.9 Å². The van der Waals surface area contributed by atoms with E-state index in [0.29, 0.717) is 6.04 Å². The van der Waals surface area contributed by atoms with Crippen molar-refractivity contribution in [3.8, 4) is 0 Å². The van der Waals surface area contributed by atoms with Crippen molar-refractivity contribution >= 4 is 0 Å². The van der Waals surface area contributed by atoms with E-state index in [1.807, 2.05) is 0 Å². The van der Waals surface area contributed by atoms with E-state index in [9.17, 15) is 0 Å². The molecule has 1 unspecified atom stereocenters. The summed E-state index contributed by atoms with van der Waals surface area (Å²) in [6.45, 7) is 14.1. The quantitative estimate of drug-likeness (QED) is 0.720. The third-order valence-corrected chi connectivity index (χ3v) is 4.13. The van der Waals surface area contributed by atoms with Crippen molar-refractivity contribution in [2.24, 2.45) is 0 Å². The number of rotatable bonds is 1. The molecule has 0 fully saturated rings. The number of nitrogens with zero attached hydrogens (tertiary/aromatic N) is 1. The van der Waals surface area contributed by atoms with Gasteiger partial charge in [0, 0.05) is 17.1 Å². The topological polar surface area (TPSA) is 3.24 Å². The minimum absolute atomic E-state index is 0.217. The van der Waals surface area contributed by atoms with Gasteiger partial charge in [0.2, 0.25) is 0 Å². The molecule has 1 heteroatoms. The number of hydrogen-bond donors (Lipinski definition) is 0. The summed E-state index contributed by atoms with van der Waals surface area (Å²) < 4.78 is 0. The van der Waals surface area contributed by atoms with Gasteiger partial charge >= 0.3 is 0 Å². The molecule has 0 amide bonds. The number of fused-ring (bicyclic) bond motifs is 1.